The third kappa shape index (κ3) is 5.67. The fraction of sp³-hybridized carbons (Fsp3) is 0.550. The van der Waals surface area contributed by atoms with Crippen LogP contribution in [-0.4, -0.2) is 54.2 Å². The number of hydrogen-bond acceptors (Lipinski definition) is 3. The van der Waals surface area contributed by atoms with Gasteiger partial charge < -0.3 is 15.5 Å². The quantitative estimate of drug-likeness (QED) is 0.509. The Morgan fingerprint density at radius 3 is 2.46 bits per heavy atom. The Morgan fingerprint density at radius 2 is 1.82 bits per heavy atom. The molecule has 1 fully saturated rings. The highest BCUT2D eigenvalue weighted by atomic mass is 35.5. The minimum absolute atomic E-state index is 0.105. The third-order valence-electron chi connectivity index (χ3n) is 4.77. The third-order valence-corrected chi connectivity index (χ3v) is 5.44. The summed E-state index contributed by atoms with van der Waals surface area (Å²) in [6, 6.07) is 4.83. The Bertz CT molecular complexity index is 709. The minimum Gasteiger partial charge on any atom is -0.354 e. The molecule has 1 saturated heterocycles. The molecule has 0 radical (unpaired) electrons. The van der Waals surface area contributed by atoms with E-state index in [0.717, 1.165) is 6.42 Å². The molecule has 8 heteroatoms. The molecule has 0 saturated carbocycles. The van der Waals surface area contributed by atoms with Crippen LogP contribution in [0.1, 0.15) is 43.5 Å². The number of nitrogens with zero attached hydrogens (tertiary/aromatic N) is 1. The summed E-state index contributed by atoms with van der Waals surface area (Å²) in [6.45, 7) is 4.88. The second kappa shape index (κ2) is 9.87. The number of carbonyl (C=O) groups is 3. The van der Waals surface area contributed by atoms with Gasteiger partial charge in [0, 0.05) is 31.1 Å². The summed E-state index contributed by atoms with van der Waals surface area (Å²) in [5.74, 6) is -0.770. The number of carbonyl (C=O) groups excluding carboxylic acids is 3. The van der Waals surface area contributed by atoms with Crippen molar-refractivity contribution >= 4 is 29.3 Å². The van der Waals surface area contributed by atoms with Gasteiger partial charge in [0.25, 0.3) is 5.91 Å². The maximum atomic E-state index is 12.9. The van der Waals surface area contributed by atoms with Gasteiger partial charge in [0.05, 0.1) is 5.41 Å². The number of likely N-dealkylation sites (tertiary alicyclic amines) is 1. The average molecular weight is 412 g/mol. The van der Waals surface area contributed by atoms with Crippen molar-refractivity contribution in [3.05, 3.63) is 35.6 Å². The van der Waals surface area contributed by atoms with E-state index in [1.54, 1.807) is 18.7 Å². The molecular weight excluding hydrogens is 385 g/mol. The molecule has 6 nitrogen and oxygen atoms in total. The van der Waals surface area contributed by atoms with Crippen LogP contribution in [0.2, 0.25) is 0 Å². The van der Waals surface area contributed by atoms with Crippen LogP contribution in [-0.2, 0) is 9.59 Å². The lowest BCUT2D eigenvalue weighted by atomic mass is 9.94. The first-order valence-electron chi connectivity index (χ1n) is 9.45. The van der Waals surface area contributed by atoms with Crippen molar-refractivity contribution in [3.63, 3.8) is 0 Å². The molecule has 1 atom stereocenters. The van der Waals surface area contributed by atoms with E-state index < -0.39 is 17.3 Å². The van der Waals surface area contributed by atoms with Crippen molar-refractivity contribution in [1.82, 2.24) is 15.5 Å². The van der Waals surface area contributed by atoms with Crippen LogP contribution in [0, 0.1) is 11.2 Å². The van der Waals surface area contributed by atoms with Crippen LogP contribution >= 0.6 is 11.6 Å². The second-order valence-electron chi connectivity index (χ2n) is 7.58. The summed E-state index contributed by atoms with van der Waals surface area (Å²) in [5, 5.41) is 5.56. The van der Waals surface area contributed by atoms with E-state index in [1.807, 2.05) is 0 Å². The number of halogens is 2. The number of amides is 3. The maximum absolute atomic E-state index is 12.9. The minimum atomic E-state index is -0.699. The van der Waals surface area contributed by atoms with E-state index in [-0.39, 0.29) is 23.6 Å². The molecule has 1 heterocycles. The fourth-order valence-corrected chi connectivity index (χ4v) is 3.17. The summed E-state index contributed by atoms with van der Waals surface area (Å²) in [5.41, 5.74) is -0.317. The zero-order valence-electron chi connectivity index (χ0n) is 16.3. The lowest BCUT2D eigenvalue weighted by Crippen LogP contribution is -2.50. The smallest absolute Gasteiger partial charge is 0.251 e. The van der Waals surface area contributed by atoms with E-state index in [0.29, 0.717) is 38.0 Å². The van der Waals surface area contributed by atoms with Crippen LogP contribution in [0.5, 0.6) is 0 Å². The monoisotopic (exact) mass is 411 g/mol. The lowest BCUT2D eigenvalue weighted by molar-refractivity contribution is -0.144. The van der Waals surface area contributed by atoms with Crippen molar-refractivity contribution in [1.29, 1.82) is 0 Å². The average Bonchev–Trinajstić information content (AvgIpc) is 3.17. The number of rotatable bonds is 8. The van der Waals surface area contributed by atoms with E-state index in [4.69, 9.17) is 11.6 Å². The van der Waals surface area contributed by atoms with Crippen molar-refractivity contribution in [2.24, 2.45) is 5.41 Å². The van der Waals surface area contributed by atoms with Gasteiger partial charge in [0.15, 0.2) is 0 Å². The standard InChI is InChI=1S/C20H27ClFN3O3/c1-20(2,13-21)19(28)25-12-3-5-16(25)18(27)24-11-4-10-23-17(26)14-6-8-15(22)9-7-14/h6-9,16H,3-5,10-13H2,1-2H3,(H,23,26)(H,24,27)/t16-/m1/s1. The van der Waals surface area contributed by atoms with Crippen molar-refractivity contribution < 1.29 is 18.8 Å². The second-order valence-corrected chi connectivity index (χ2v) is 7.85. The molecule has 28 heavy (non-hydrogen) atoms. The van der Waals surface area contributed by atoms with Gasteiger partial charge in [0.2, 0.25) is 11.8 Å². The molecule has 0 unspecified atom stereocenters. The van der Waals surface area contributed by atoms with Gasteiger partial charge in [-0.05, 0) is 57.4 Å². The highest BCUT2D eigenvalue weighted by Gasteiger charge is 2.40. The predicted octanol–water partition coefficient (Wildman–Crippen LogP) is 2.32. The first-order chi connectivity index (χ1) is 13.3. The highest BCUT2D eigenvalue weighted by Crippen LogP contribution is 2.27. The highest BCUT2D eigenvalue weighted by molar-refractivity contribution is 6.19. The molecule has 1 aliphatic rings. The summed E-state index contributed by atoms with van der Waals surface area (Å²) in [4.78, 5) is 38.6. The van der Waals surface area contributed by atoms with Gasteiger partial charge in [-0.25, -0.2) is 4.39 Å². The SMILES string of the molecule is CC(C)(CCl)C(=O)N1CCC[C@@H]1C(=O)NCCCNC(=O)c1ccc(F)cc1. The van der Waals surface area contributed by atoms with E-state index in [9.17, 15) is 18.8 Å². The molecule has 2 N–H and O–H groups in total. The van der Waals surface area contributed by atoms with Crippen LogP contribution in [0.3, 0.4) is 0 Å². The van der Waals surface area contributed by atoms with Gasteiger partial charge >= 0.3 is 0 Å². The Hall–Kier alpha value is -2.15. The maximum Gasteiger partial charge on any atom is 0.251 e. The zero-order valence-corrected chi connectivity index (χ0v) is 17.0. The number of benzene rings is 1. The van der Waals surface area contributed by atoms with Crippen molar-refractivity contribution in [2.75, 3.05) is 25.5 Å². The van der Waals surface area contributed by atoms with Crippen LogP contribution in [0.25, 0.3) is 0 Å². The van der Waals surface area contributed by atoms with Crippen molar-refractivity contribution in [2.45, 2.75) is 39.2 Å². The van der Waals surface area contributed by atoms with Gasteiger partial charge in [-0.3, -0.25) is 14.4 Å². The number of nitrogens with one attached hydrogen (secondary N) is 2. The molecule has 0 spiro atoms. The molecule has 154 valence electrons. The Kier molecular flexibility index (Phi) is 7.80. The normalized spacial score (nSPS) is 16.7. The molecule has 0 aliphatic carbocycles. The molecule has 2 rings (SSSR count). The zero-order chi connectivity index (χ0) is 20.7. The summed E-state index contributed by atoms with van der Waals surface area (Å²) in [7, 11) is 0. The van der Waals surface area contributed by atoms with Crippen LogP contribution in [0.4, 0.5) is 4.39 Å². The molecule has 0 aromatic heterocycles. The van der Waals surface area contributed by atoms with Gasteiger partial charge in [0.1, 0.15) is 11.9 Å². The molecule has 3 amide bonds. The topological polar surface area (TPSA) is 78.5 Å². The number of hydrogen-bond donors (Lipinski definition) is 2. The van der Waals surface area contributed by atoms with Crippen molar-refractivity contribution in [3.8, 4) is 0 Å². The van der Waals surface area contributed by atoms with Crippen LogP contribution in [0.15, 0.2) is 24.3 Å². The van der Waals surface area contributed by atoms with Gasteiger partial charge in [-0.15, -0.1) is 11.6 Å². The van der Waals surface area contributed by atoms with E-state index >= 15 is 0 Å². The first-order valence-corrected chi connectivity index (χ1v) is 9.98. The summed E-state index contributed by atoms with van der Waals surface area (Å²) in [6.07, 6.45) is 1.97. The largest absolute Gasteiger partial charge is 0.354 e. The fourth-order valence-electron chi connectivity index (χ4n) is 3.05. The summed E-state index contributed by atoms with van der Waals surface area (Å²) < 4.78 is 12.9. The predicted molar refractivity (Wildman–Crippen MR) is 106 cm³/mol. The first kappa shape index (κ1) is 22.1. The molecule has 1 aromatic carbocycles. The molecular formula is C20H27ClFN3O3. The summed E-state index contributed by atoms with van der Waals surface area (Å²) >= 11 is 5.89. The molecule has 1 aliphatic heterocycles. The van der Waals surface area contributed by atoms with E-state index in [2.05, 4.69) is 10.6 Å². The lowest BCUT2D eigenvalue weighted by Gasteiger charge is -2.31. The molecule has 0 bridgehead atoms. The Morgan fingerprint density at radius 1 is 1.18 bits per heavy atom. The Balaban J connectivity index is 1.74. The number of alkyl halides is 1. The van der Waals surface area contributed by atoms with Crippen LogP contribution < -0.4 is 10.6 Å². The molecule has 1 aromatic rings. The van der Waals surface area contributed by atoms with Gasteiger partial charge in [-0.2, -0.15) is 0 Å². The van der Waals surface area contributed by atoms with E-state index in [1.165, 1.54) is 24.3 Å². The Labute approximate surface area is 169 Å². The van der Waals surface area contributed by atoms with Gasteiger partial charge in [-0.1, -0.05) is 0 Å².